The molecule has 0 aromatic heterocycles. The molecule has 1 aromatic carbocycles. The third-order valence-corrected chi connectivity index (χ3v) is 5.53. The van der Waals surface area contributed by atoms with E-state index in [1.165, 1.54) is 0 Å². The maximum Gasteiger partial charge on any atom is 0.391 e. The molecule has 1 aromatic rings. The Kier molecular flexibility index (Phi) is 6.39. The second-order valence-corrected chi connectivity index (χ2v) is 7.68. The van der Waals surface area contributed by atoms with Crippen LogP contribution in [-0.4, -0.2) is 23.7 Å². The summed E-state index contributed by atoms with van der Waals surface area (Å²) in [5, 5.41) is 6.85. The summed E-state index contributed by atoms with van der Waals surface area (Å²) in [6, 6.07) is 6.99. The molecule has 1 fully saturated rings. The molecule has 5 nitrogen and oxygen atoms in total. The van der Waals surface area contributed by atoms with Crippen molar-refractivity contribution in [2.75, 3.05) is 5.32 Å². The standard InChI is InChI=1S/C21H24F3N3O2/c1-2-14-12-19(29)26-27-20(14)15-6-8-17(9-7-15)25-18(28)11-13-4-3-5-16(10-13)21(22,23)24/h2,6-9,13-14,16H,1,3-5,10-12H2,(H,25,28)(H,26,29). The first-order valence-corrected chi connectivity index (χ1v) is 9.72. The number of hydrogen-bond donors (Lipinski definition) is 2. The smallest absolute Gasteiger partial charge is 0.326 e. The fourth-order valence-corrected chi connectivity index (χ4v) is 3.99. The number of alkyl halides is 3. The van der Waals surface area contributed by atoms with Crippen molar-refractivity contribution < 1.29 is 22.8 Å². The van der Waals surface area contributed by atoms with Crippen LogP contribution in [0.3, 0.4) is 0 Å². The molecule has 0 bridgehead atoms. The van der Waals surface area contributed by atoms with Gasteiger partial charge < -0.3 is 5.32 Å². The number of hydrazone groups is 1. The van der Waals surface area contributed by atoms with Crippen LogP contribution in [0.1, 0.15) is 44.1 Å². The van der Waals surface area contributed by atoms with Crippen molar-refractivity contribution in [3.63, 3.8) is 0 Å². The molecule has 2 amide bonds. The van der Waals surface area contributed by atoms with Crippen molar-refractivity contribution >= 4 is 23.2 Å². The maximum atomic E-state index is 12.9. The number of carbonyl (C=O) groups is 2. The minimum Gasteiger partial charge on any atom is -0.326 e. The monoisotopic (exact) mass is 407 g/mol. The number of hydrogen-bond acceptors (Lipinski definition) is 3. The quantitative estimate of drug-likeness (QED) is 0.710. The minimum atomic E-state index is -4.18. The van der Waals surface area contributed by atoms with E-state index in [4.69, 9.17) is 0 Å². The van der Waals surface area contributed by atoms with Crippen LogP contribution in [-0.2, 0) is 9.59 Å². The second-order valence-electron chi connectivity index (χ2n) is 7.68. The molecule has 0 spiro atoms. The summed E-state index contributed by atoms with van der Waals surface area (Å²) in [5.41, 5.74) is 4.51. The van der Waals surface area contributed by atoms with Gasteiger partial charge in [-0.15, -0.1) is 6.58 Å². The molecular formula is C21H24F3N3O2. The van der Waals surface area contributed by atoms with Gasteiger partial charge in [0.25, 0.3) is 0 Å². The summed E-state index contributed by atoms with van der Waals surface area (Å²) < 4.78 is 38.8. The van der Waals surface area contributed by atoms with Crippen molar-refractivity contribution in [3.05, 3.63) is 42.5 Å². The summed E-state index contributed by atoms with van der Waals surface area (Å²) in [6.07, 6.45) is -0.829. The van der Waals surface area contributed by atoms with Gasteiger partial charge >= 0.3 is 6.18 Å². The van der Waals surface area contributed by atoms with Crippen molar-refractivity contribution in [2.24, 2.45) is 22.9 Å². The first-order chi connectivity index (χ1) is 13.8. The minimum absolute atomic E-state index is 0.0182. The molecule has 1 aliphatic carbocycles. The molecule has 29 heavy (non-hydrogen) atoms. The van der Waals surface area contributed by atoms with Crippen LogP contribution in [0.25, 0.3) is 0 Å². The number of carbonyl (C=O) groups excluding carboxylic acids is 2. The summed E-state index contributed by atoms with van der Waals surface area (Å²) in [6.45, 7) is 3.74. The maximum absolute atomic E-state index is 12.9. The molecular weight excluding hydrogens is 383 g/mol. The van der Waals surface area contributed by atoms with Crippen molar-refractivity contribution in [2.45, 2.75) is 44.7 Å². The van der Waals surface area contributed by atoms with E-state index in [1.54, 1.807) is 30.3 Å². The van der Waals surface area contributed by atoms with Crippen LogP contribution in [0.2, 0.25) is 0 Å². The van der Waals surface area contributed by atoms with E-state index in [-0.39, 0.29) is 49.3 Å². The molecule has 3 atom stereocenters. The lowest BCUT2D eigenvalue weighted by Gasteiger charge is -2.30. The Morgan fingerprint density at radius 3 is 2.66 bits per heavy atom. The van der Waals surface area contributed by atoms with Crippen molar-refractivity contribution in [1.29, 1.82) is 0 Å². The van der Waals surface area contributed by atoms with Crippen molar-refractivity contribution in [1.82, 2.24) is 5.43 Å². The second kappa shape index (κ2) is 8.80. The van der Waals surface area contributed by atoms with Gasteiger partial charge in [-0.1, -0.05) is 24.6 Å². The van der Waals surface area contributed by atoms with E-state index in [0.29, 0.717) is 24.2 Å². The third-order valence-electron chi connectivity index (χ3n) is 5.53. The van der Waals surface area contributed by atoms with Crippen LogP contribution >= 0.6 is 0 Å². The molecule has 1 heterocycles. The molecule has 1 saturated carbocycles. The number of amides is 2. The van der Waals surface area contributed by atoms with Crippen LogP contribution in [0.15, 0.2) is 42.0 Å². The van der Waals surface area contributed by atoms with Gasteiger partial charge in [-0.3, -0.25) is 9.59 Å². The van der Waals surface area contributed by atoms with Gasteiger partial charge in [-0.05, 0) is 42.9 Å². The molecule has 2 N–H and O–H groups in total. The predicted octanol–water partition coefficient (Wildman–Crippen LogP) is 4.41. The Balaban J connectivity index is 1.58. The van der Waals surface area contributed by atoms with Crippen LogP contribution in [0.4, 0.5) is 18.9 Å². The molecule has 0 saturated heterocycles. The van der Waals surface area contributed by atoms with Crippen molar-refractivity contribution in [3.8, 4) is 0 Å². The Labute approximate surface area is 167 Å². The van der Waals surface area contributed by atoms with Gasteiger partial charge in [0.1, 0.15) is 0 Å². The van der Waals surface area contributed by atoms with Gasteiger partial charge in [0.15, 0.2) is 0 Å². The Morgan fingerprint density at radius 2 is 2.00 bits per heavy atom. The third kappa shape index (κ3) is 5.46. The lowest BCUT2D eigenvalue weighted by Crippen LogP contribution is -2.32. The highest BCUT2D eigenvalue weighted by Crippen LogP contribution is 2.40. The van der Waals surface area contributed by atoms with Crippen LogP contribution in [0, 0.1) is 17.8 Å². The Morgan fingerprint density at radius 1 is 1.28 bits per heavy atom. The SMILES string of the molecule is C=CC1CC(=O)NN=C1c1ccc(NC(=O)CC2CCCC(C(F)(F)F)C2)cc1. The normalized spacial score (nSPS) is 25.0. The largest absolute Gasteiger partial charge is 0.391 e. The fourth-order valence-electron chi connectivity index (χ4n) is 3.99. The van der Waals surface area contributed by atoms with Crippen LogP contribution in [0.5, 0.6) is 0 Å². The van der Waals surface area contributed by atoms with E-state index < -0.39 is 12.1 Å². The first kappa shape index (κ1) is 21.1. The molecule has 0 radical (unpaired) electrons. The first-order valence-electron chi connectivity index (χ1n) is 9.72. The average Bonchev–Trinajstić information content (AvgIpc) is 2.68. The summed E-state index contributed by atoms with van der Waals surface area (Å²) >= 11 is 0. The number of nitrogens with one attached hydrogen (secondary N) is 2. The summed E-state index contributed by atoms with van der Waals surface area (Å²) in [7, 11) is 0. The lowest BCUT2D eigenvalue weighted by atomic mass is 9.79. The lowest BCUT2D eigenvalue weighted by molar-refractivity contribution is -0.186. The van der Waals surface area contributed by atoms with Gasteiger partial charge in [0.2, 0.25) is 11.8 Å². The Bertz CT molecular complexity index is 802. The van der Waals surface area contributed by atoms with Gasteiger partial charge in [0, 0.05) is 24.4 Å². The zero-order valence-corrected chi connectivity index (χ0v) is 16.0. The molecule has 2 aliphatic rings. The van der Waals surface area contributed by atoms with Gasteiger partial charge in [-0.2, -0.15) is 18.3 Å². The van der Waals surface area contributed by atoms with Gasteiger partial charge in [-0.25, -0.2) is 5.43 Å². The van der Waals surface area contributed by atoms with Gasteiger partial charge in [0.05, 0.1) is 11.6 Å². The number of benzene rings is 1. The Hall–Kier alpha value is -2.64. The molecule has 156 valence electrons. The molecule has 1 aliphatic heterocycles. The number of rotatable bonds is 5. The van der Waals surface area contributed by atoms with E-state index in [1.807, 2.05) is 0 Å². The summed E-state index contributed by atoms with van der Waals surface area (Å²) in [4.78, 5) is 23.7. The zero-order valence-electron chi connectivity index (χ0n) is 16.0. The van der Waals surface area contributed by atoms with E-state index in [2.05, 4.69) is 22.4 Å². The van der Waals surface area contributed by atoms with E-state index >= 15 is 0 Å². The molecule has 8 heteroatoms. The highest BCUT2D eigenvalue weighted by molar-refractivity contribution is 6.07. The fraction of sp³-hybridized carbons (Fsp3) is 0.476. The summed E-state index contributed by atoms with van der Waals surface area (Å²) in [5.74, 6) is -2.18. The van der Waals surface area contributed by atoms with E-state index in [0.717, 1.165) is 5.56 Å². The molecule has 3 unspecified atom stereocenters. The van der Waals surface area contributed by atoms with Crippen LogP contribution < -0.4 is 10.7 Å². The number of halogens is 3. The average molecular weight is 407 g/mol. The predicted molar refractivity (Wildman–Crippen MR) is 104 cm³/mol. The zero-order chi connectivity index (χ0) is 21.0. The number of nitrogens with zero attached hydrogens (tertiary/aromatic N) is 1. The highest BCUT2D eigenvalue weighted by Gasteiger charge is 2.42. The van der Waals surface area contributed by atoms with E-state index in [9.17, 15) is 22.8 Å². The number of anilines is 1. The topological polar surface area (TPSA) is 70.6 Å². The number of allylic oxidation sites excluding steroid dienone is 1. The molecule has 3 rings (SSSR count). The highest BCUT2D eigenvalue weighted by atomic mass is 19.4.